The molecule has 3 aromatic carbocycles. The summed E-state index contributed by atoms with van der Waals surface area (Å²) in [6.45, 7) is 0.442. The number of carbonyl (C=O) groups excluding carboxylic acids is 2. The normalized spacial score (nSPS) is 14.1. The molecule has 0 saturated carbocycles. The fourth-order valence-corrected chi connectivity index (χ4v) is 5.05. The van der Waals surface area contributed by atoms with Crippen LogP contribution in [0.25, 0.3) is 11.3 Å². The number of carbonyl (C=O) groups is 2. The Balaban J connectivity index is 1.52. The molecule has 5 rings (SSSR count). The molecule has 1 aliphatic rings. The van der Waals surface area contributed by atoms with Gasteiger partial charge in [-0.15, -0.1) is 0 Å². The second kappa shape index (κ2) is 10.2. The zero-order valence-corrected chi connectivity index (χ0v) is 20.8. The fraction of sp³-hybridized carbons (Fsp3) is 0.207. The third-order valence-corrected chi connectivity index (χ3v) is 6.99. The predicted molar refractivity (Wildman–Crippen MR) is 136 cm³/mol. The molecule has 1 N–H and O–H groups in total. The molecule has 2 heterocycles. The Bertz CT molecular complexity index is 1510. The van der Waals surface area contributed by atoms with Crippen molar-refractivity contribution < 1.29 is 27.9 Å². The maximum atomic E-state index is 13.7. The van der Waals surface area contributed by atoms with Crippen LogP contribution in [0.1, 0.15) is 62.3 Å². The van der Waals surface area contributed by atoms with Crippen LogP contribution in [0.3, 0.4) is 0 Å². The van der Waals surface area contributed by atoms with E-state index in [9.17, 15) is 27.9 Å². The number of Topliss-reactive ketones (excluding diaryl/α,β-unsaturated/α-hetero) is 1. The van der Waals surface area contributed by atoms with Crippen molar-refractivity contribution in [2.24, 2.45) is 0 Å². The highest BCUT2D eigenvalue weighted by Gasteiger charge is 2.38. The number of ketones is 2. The van der Waals surface area contributed by atoms with Gasteiger partial charge >= 0.3 is 6.18 Å². The van der Waals surface area contributed by atoms with E-state index in [-0.39, 0.29) is 10.8 Å². The number of halogens is 4. The van der Waals surface area contributed by atoms with Crippen LogP contribution >= 0.6 is 11.6 Å². The van der Waals surface area contributed by atoms with E-state index in [0.29, 0.717) is 35.3 Å². The maximum Gasteiger partial charge on any atom is 0.417 e. The number of rotatable bonds is 6. The molecule has 1 atom stereocenters. The van der Waals surface area contributed by atoms with Gasteiger partial charge in [0.25, 0.3) is 0 Å². The lowest BCUT2D eigenvalue weighted by Crippen LogP contribution is -2.20. The van der Waals surface area contributed by atoms with E-state index >= 15 is 0 Å². The van der Waals surface area contributed by atoms with Crippen molar-refractivity contribution in [3.8, 4) is 11.3 Å². The third kappa shape index (κ3) is 4.77. The highest BCUT2D eigenvalue weighted by Crippen LogP contribution is 2.37. The molecule has 0 radical (unpaired) electrons. The number of alkyl halides is 3. The van der Waals surface area contributed by atoms with Crippen LogP contribution in [-0.2, 0) is 19.1 Å². The largest absolute Gasteiger partial charge is 0.417 e. The van der Waals surface area contributed by atoms with Crippen LogP contribution < -0.4 is 0 Å². The van der Waals surface area contributed by atoms with Crippen molar-refractivity contribution in [1.82, 2.24) is 9.55 Å². The number of aliphatic hydroxyl groups excluding tert-OH is 1. The van der Waals surface area contributed by atoms with Crippen molar-refractivity contribution in [3.63, 3.8) is 0 Å². The summed E-state index contributed by atoms with van der Waals surface area (Å²) in [6, 6.07) is 18.3. The maximum absolute atomic E-state index is 13.7. The Morgan fingerprint density at radius 3 is 2.34 bits per heavy atom. The van der Waals surface area contributed by atoms with Crippen molar-refractivity contribution >= 4 is 23.2 Å². The molecule has 0 saturated heterocycles. The van der Waals surface area contributed by atoms with E-state index in [1.165, 1.54) is 6.07 Å². The van der Waals surface area contributed by atoms with Gasteiger partial charge in [0.1, 0.15) is 6.10 Å². The summed E-state index contributed by atoms with van der Waals surface area (Å²) in [6.07, 6.45) is -3.93. The number of hydrogen-bond acceptors (Lipinski definition) is 4. The summed E-state index contributed by atoms with van der Waals surface area (Å²) >= 11 is 6.09. The van der Waals surface area contributed by atoms with Gasteiger partial charge in [-0.05, 0) is 37.0 Å². The van der Waals surface area contributed by atoms with Gasteiger partial charge < -0.3 is 9.67 Å². The SMILES string of the molecule is O=C(c1c(Cl)cccc1C(F)(F)F)c1nc(-c2ccc(C(O)C(=O)c3ccccc3)cc2)c2n1CCCC2. The van der Waals surface area contributed by atoms with Gasteiger partial charge in [0.2, 0.25) is 5.78 Å². The molecule has 0 amide bonds. The summed E-state index contributed by atoms with van der Waals surface area (Å²) in [4.78, 5) is 30.6. The lowest BCUT2D eigenvalue weighted by atomic mass is 9.97. The van der Waals surface area contributed by atoms with Gasteiger partial charge in [-0.2, -0.15) is 13.2 Å². The Labute approximate surface area is 221 Å². The second-order valence-electron chi connectivity index (χ2n) is 9.08. The molecule has 0 bridgehead atoms. The zero-order chi connectivity index (χ0) is 27.0. The highest BCUT2D eigenvalue weighted by molar-refractivity contribution is 6.35. The van der Waals surface area contributed by atoms with E-state index in [1.54, 1.807) is 59.2 Å². The molecule has 0 fully saturated rings. The van der Waals surface area contributed by atoms with Crippen LogP contribution in [-0.4, -0.2) is 26.2 Å². The first-order valence-electron chi connectivity index (χ1n) is 12.0. The van der Waals surface area contributed by atoms with Gasteiger partial charge in [0.15, 0.2) is 11.6 Å². The molecule has 1 aliphatic heterocycles. The van der Waals surface area contributed by atoms with Gasteiger partial charge in [-0.1, -0.05) is 72.3 Å². The van der Waals surface area contributed by atoms with Crippen LogP contribution in [0, 0.1) is 0 Å². The molecule has 38 heavy (non-hydrogen) atoms. The van der Waals surface area contributed by atoms with E-state index in [1.807, 2.05) is 0 Å². The number of aromatic nitrogens is 2. The molecule has 1 aromatic heterocycles. The van der Waals surface area contributed by atoms with E-state index < -0.39 is 35.0 Å². The molecule has 4 aromatic rings. The van der Waals surface area contributed by atoms with Crippen molar-refractivity contribution in [2.45, 2.75) is 38.1 Å². The number of nitrogens with zero attached hydrogens (tertiary/aromatic N) is 2. The zero-order valence-electron chi connectivity index (χ0n) is 20.0. The average molecular weight is 539 g/mol. The number of benzene rings is 3. The Morgan fingerprint density at radius 2 is 1.66 bits per heavy atom. The number of imidazole rings is 1. The Kier molecular flexibility index (Phi) is 6.94. The molecule has 1 unspecified atom stereocenters. The smallest absolute Gasteiger partial charge is 0.380 e. The summed E-state index contributed by atoms with van der Waals surface area (Å²) in [5.74, 6) is -1.43. The Morgan fingerprint density at radius 1 is 0.947 bits per heavy atom. The average Bonchev–Trinajstić information content (AvgIpc) is 3.31. The topological polar surface area (TPSA) is 72.2 Å². The first kappa shape index (κ1) is 25.9. The van der Waals surface area contributed by atoms with Gasteiger partial charge in [0, 0.05) is 23.4 Å². The molecular formula is C29H22ClF3N2O3. The van der Waals surface area contributed by atoms with Crippen LogP contribution in [0.15, 0.2) is 72.8 Å². The highest BCUT2D eigenvalue weighted by atomic mass is 35.5. The van der Waals surface area contributed by atoms with Gasteiger partial charge in [-0.25, -0.2) is 4.98 Å². The summed E-state index contributed by atoms with van der Waals surface area (Å²) in [5, 5.41) is 10.3. The van der Waals surface area contributed by atoms with Crippen molar-refractivity contribution in [1.29, 1.82) is 0 Å². The first-order chi connectivity index (χ1) is 18.2. The quantitative estimate of drug-likeness (QED) is 0.277. The molecule has 9 heteroatoms. The minimum Gasteiger partial charge on any atom is -0.380 e. The minimum absolute atomic E-state index is 0.100. The number of aliphatic hydroxyl groups is 1. The molecule has 0 aliphatic carbocycles. The van der Waals surface area contributed by atoms with Gasteiger partial charge in [-0.3, -0.25) is 9.59 Å². The molecule has 194 valence electrons. The van der Waals surface area contributed by atoms with E-state index in [2.05, 4.69) is 4.98 Å². The van der Waals surface area contributed by atoms with Crippen LogP contribution in [0.5, 0.6) is 0 Å². The second-order valence-corrected chi connectivity index (χ2v) is 9.49. The first-order valence-corrected chi connectivity index (χ1v) is 12.4. The minimum atomic E-state index is -4.76. The van der Waals surface area contributed by atoms with Crippen LogP contribution in [0.4, 0.5) is 13.2 Å². The third-order valence-electron chi connectivity index (χ3n) is 6.67. The molecular weight excluding hydrogens is 517 g/mol. The lowest BCUT2D eigenvalue weighted by molar-refractivity contribution is -0.137. The van der Waals surface area contributed by atoms with Gasteiger partial charge in [0.05, 0.1) is 21.8 Å². The monoisotopic (exact) mass is 538 g/mol. The number of fused-ring (bicyclic) bond motifs is 1. The fourth-order valence-electron chi connectivity index (χ4n) is 4.79. The lowest BCUT2D eigenvalue weighted by Gasteiger charge is -2.18. The standard InChI is InChI=1S/C29H22ClF3N2O3/c30-21-10-6-9-20(29(31,32)33)23(21)27(38)28-34-24(22-11-4-5-16-35(22)28)17-12-14-19(15-13-17)26(37)25(36)18-7-2-1-3-8-18/h1-3,6-10,12-15,26,37H,4-5,11,16H2. The molecule has 5 nitrogen and oxygen atoms in total. The van der Waals surface area contributed by atoms with Crippen molar-refractivity contribution in [2.75, 3.05) is 0 Å². The van der Waals surface area contributed by atoms with Crippen LogP contribution in [0.2, 0.25) is 5.02 Å². The molecule has 0 spiro atoms. The van der Waals surface area contributed by atoms with E-state index in [0.717, 1.165) is 30.7 Å². The number of hydrogen-bond donors (Lipinski definition) is 1. The summed E-state index contributed by atoms with van der Waals surface area (Å²) in [7, 11) is 0. The Hall–Kier alpha value is -3.75. The summed E-state index contributed by atoms with van der Waals surface area (Å²) in [5.41, 5.74) is 0.882. The van der Waals surface area contributed by atoms with E-state index in [4.69, 9.17) is 11.6 Å². The predicted octanol–water partition coefficient (Wildman–Crippen LogP) is 6.71. The van der Waals surface area contributed by atoms with Crippen molar-refractivity contribution in [3.05, 3.63) is 112 Å². The summed E-state index contributed by atoms with van der Waals surface area (Å²) < 4.78 is 42.8.